The summed E-state index contributed by atoms with van der Waals surface area (Å²) >= 11 is 0. The van der Waals surface area contributed by atoms with E-state index in [-0.39, 0.29) is 18.0 Å². The van der Waals surface area contributed by atoms with Gasteiger partial charge in [0.15, 0.2) is 0 Å². The van der Waals surface area contributed by atoms with Crippen LogP contribution < -0.4 is 15.7 Å². The molecule has 3 aromatic rings. The van der Waals surface area contributed by atoms with Crippen LogP contribution in [0.15, 0.2) is 47.3 Å². The number of carbonyl (C=O) groups excluding carboxylic acids is 1. The number of hydrogen-bond donors (Lipinski definition) is 3. The van der Waals surface area contributed by atoms with Crippen LogP contribution in [0.2, 0.25) is 0 Å². The fourth-order valence-electron chi connectivity index (χ4n) is 2.38. The highest BCUT2D eigenvalue weighted by Crippen LogP contribution is 2.12. The van der Waals surface area contributed by atoms with Crippen LogP contribution in [0.5, 0.6) is 5.75 Å². The van der Waals surface area contributed by atoms with Gasteiger partial charge >= 0.3 is 5.69 Å². The van der Waals surface area contributed by atoms with Crippen LogP contribution in [0.3, 0.4) is 0 Å². The quantitative estimate of drug-likeness (QED) is 0.670. The zero-order valence-corrected chi connectivity index (χ0v) is 12.7. The van der Waals surface area contributed by atoms with Crippen molar-refractivity contribution in [3.63, 3.8) is 0 Å². The first-order valence-corrected chi connectivity index (χ1v) is 7.24. The zero-order chi connectivity index (χ0) is 16.2. The smallest absolute Gasteiger partial charge is 0.323 e. The maximum Gasteiger partial charge on any atom is 0.323 e. The van der Waals surface area contributed by atoms with Crippen molar-refractivity contribution in [1.82, 2.24) is 15.3 Å². The molecule has 23 heavy (non-hydrogen) atoms. The summed E-state index contributed by atoms with van der Waals surface area (Å²) in [4.78, 5) is 28.6. The monoisotopic (exact) mass is 311 g/mol. The van der Waals surface area contributed by atoms with Crippen molar-refractivity contribution in [1.29, 1.82) is 0 Å². The van der Waals surface area contributed by atoms with E-state index in [4.69, 9.17) is 4.74 Å². The van der Waals surface area contributed by atoms with Crippen LogP contribution in [-0.4, -0.2) is 23.0 Å². The molecule has 0 aliphatic heterocycles. The van der Waals surface area contributed by atoms with Gasteiger partial charge in [-0.1, -0.05) is 18.2 Å². The molecule has 0 fully saturated rings. The standard InChI is InChI=1S/C17H17N3O3/c1-23-13-5-2-11(3-6-13)10-18-16(21)9-12-4-7-14-15(8-12)20-17(22)19-14/h2-8H,9-10H2,1H3,(H,18,21)(H2,19,20,22). The molecular weight excluding hydrogens is 294 g/mol. The number of rotatable bonds is 5. The van der Waals surface area contributed by atoms with Crippen molar-refractivity contribution in [2.45, 2.75) is 13.0 Å². The average Bonchev–Trinajstić information content (AvgIpc) is 2.92. The Morgan fingerprint density at radius 3 is 2.48 bits per heavy atom. The Kier molecular flexibility index (Phi) is 4.14. The molecular formula is C17H17N3O3. The number of H-pyrrole nitrogens is 2. The van der Waals surface area contributed by atoms with E-state index in [0.717, 1.165) is 22.4 Å². The summed E-state index contributed by atoms with van der Waals surface area (Å²) < 4.78 is 5.10. The average molecular weight is 311 g/mol. The Bertz CT molecular complexity index is 878. The second kappa shape index (κ2) is 6.39. The highest BCUT2D eigenvalue weighted by Gasteiger charge is 2.06. The molecule has 0 unspecified atom stereocenters. The molecule has 6 nitrogen and oxygen atoms in total. The van der Waals surface area contributed by atoms with E-state index in [9.17, 15) is 9.59 Å². The first-order valence-electron chi connectivity index (χ1n) is 7.24. The summed E-state index contributed by atoms with van der Waals surface area (Å²) in [5, 5.41) is 2.88. The zero-order valence-electron chi connectivity index (χ0n) is 12.7. The number of ether oxygens (including phenoxy) is 1. The van der Waals surface area contributed by atoms with Gasteiger partial charge in [-0.15, -0.1) is 0 Å². The number of carbonyl (C=O) groups is 1. The molecule has 0 atom stereocenters. The van der Waals surface area contributed by atoms with Gasteiger partial charge in [0.25, 0.3) is 0 Å². The molecule has 3 N–H and O–H groups in total. The van der Waals surface area contributed by atoms with Crippen molar-refractivity contribution in [2.24, 2.45) is 0 Å². The largest absolute Gasteiger partial charge is 0.497 e. The molecule has 0 aliphatic carbocycles. The molecule has 0 bridgehead atoms. The first kappa shape index (κ1) is 14.9. The van der Waals surface area contributed by atoms with Crippen molar-refractivity contribution in [3.8, 4) is 5.75 Å². The lowest BCUT2D eigenvalue weighted by Crippen LogP contribution is -2.24. The number of amides is 1. The van der Waals surface area contributed by atoms with Crippen molar-refractivity contribution < 1.29 is 9.53 Å². The van der Waals surface area contributed by atoms with E-state index in [1.807, 2.05) is 30.3 Å². The predicted molar refractivity (Wildman–Crippen MR) is 87.5 cm³/mol. The Labute approximate surface area is 132 Å². The maximum absolute atomic E-state index is 12.0. The van der Waals surface area contributed by atoms with E-state index in [2.05, 4.69) is 15.3 Å². The topological polar surface area (TPSA) is 87.0 Å². The van der Waals surface area contributed by atoms with Gasteiger partial charge in [-0.05, 0) is 35.4 Å². The predicted octanol–water partition coefficient (Wildman–Crippen LogP) is 1.72. The van der Waals surface area contributed by atoms with Crippen LogP contribution in [0.25, 0.3) is 11.0 Å². The molecule has 1 amide bonds. The van der Waals surface area contributed by atoms with Gasteiger partial charge in [0.05, 0.1) is 24.6 Å². The van der Waals surface area contributed by atoms with Gasteiger partial charge in [-0.25, -0.2) is 4.79 Å². The molecule has 0 saturated carbocycles. The van der Waals surface area contributed by atoms with Crippen LogP contribution in [0, 0.1) is 0 Å². The van der Waals surface area contributed by atoms with E-state index in [1.165, 1.54) is 0 Å². The molecule has 0 radical (unpaired) electrons. The second-order valence-corrected chi connectivity index (χ2v) is 5.26. The van der Waals surface area contributed by atoms with Crippen LogP contribution >= 0.6 is 0 Å². The summed E-state index contributed by atoms with van der Waals surface area (Å²) in [5.41, 5.74) is 3.04. The SMILES string of the molecule is COc1ccc(CNC(=O)Cc2ccc3[nH]c(=O)[nH]c3c2)cc1. The highest BCUT2D eigenvalue weighted by atomic mass is 16.5. The van der Waals surface area contributed by atoms with Gasteiger partial charge in [-0.3, -0.25) is 4.79 Å². The van der Waals surface area contributed by atoms with Crippen LogP contribution in [0.1, 0.15) is 11.1 Å². The summed E-state index contributed by atoms with van der Waals surface area (Å²) in [7, 11) is 1.62. The minimum Gasteiger partial charge on any atom is -0.497 e. The normalized spacial score (nSPS) is 10.7. The third kappa shape index (κ3) is 3.60. The molecule has 0 aliphatic rings. The third-order valence-electron chi connectivity index (χ3n) is 3.59. The fraction of sp³-hybridized carbons (Fsp3) is 0.176. The van der Waals surface area contributed by atoms with Gasteiger partial charge in [-0.2, -0.15) is 0 Å². The lowest BCUT2D eigenvalue weighted by molar-refractivity contribution is -0.120. The summed E-state index contributed by atoms with van der Waals surface area (Å²) in [5.74, 6) is 0.715. The number of aromatic nitrogens is 2. The Morgan fingerprint density at radius 2 is 1.74 bits per heavy atom. The fourth-order valence-corrected chi connectivity index (χ4v) is 2.38. The minimum absolute atomic E-state index is 0.0712. The molecule has 1 heterocycles. The Balaban J connectivity index is 1.60. The number of imidazole rings is 1. The third-order valence-corrected chi connectivity index (χ3v) is 3.59. The van der Waals surface area contributed by atoms with Crippen molar-refractivity contribution >= 4 is 16.9 Å². The van der Waals surface area contributed by atoms with Crippen molar-refractivity contribution in [3.05, 3.63) is 64.1 Å². The first-order chi connectivity index (χ1) is 11.1. The number of nitrogens with one attached hydrogen (secondary N) is 3. The summed E-state index contributed by atoms with van der Waals surface area (Å²) in [6, 6.07) is 13.0. The molecule has 0 saturated heterocycles. The Morgan fingerprint density at radius 1 is 1.04 bits per heavy atom. The number of methoxy groups -OCH3 is 1. The highest BCUT2D eigenvalue weighted by molar-refractivity contribution is 5.81. The number of aromatic amines is 2. The van der Waals surface area contributed by atoms with Crippen LogP contribution in [0.4, 0.5) is 0 Å². The second-order valence-electron chi connectivity index (χ2n) is 5.26. The summed E-state index contributed by atoms with van der Waals surface area (Å²) in [6.45, 7) is 0.464. The van der Waals surface area contributed by atoms with Crippen molar-refractivity contribution in [2.75, 3.05) is 7.11 Å². The minimum atomic E-state index is -0.249. The number of fused-ring (bicyclic) bond motifs is 1. The number of hydrogen-bond acceptors (Lipinski definition) is 3. The lowest BCUT2D eigenvalue weighted by Gasteiger charge is -2.06. The lowest BCUT2D eigenvalue weighted by atomic mass is 10.1. The van der Waals surface area contributed by atoms with E-state index < -0.39 is 0 Å². The molecule has 118 valence electrons. The number of benzene rings is 2. The Hall–Kier alpha value is -3.02. The van der Waals surface area contributed by atoms with Gasteiger partial charge in [0.1, 0.15) is 5.75 Å². The van der Waals surface area contributed by atoms with E-state index >= 15 is 0 Å². The summed E-state index contributed by atoms with van der Waals surface area (Å²) in [6.07, 6.45) is 0.263. The van der Waals surface area contributed by atoms with Gasteiger partial charge in [0, 0.05) is 6.54 Å². The van der Waals surface area contributed by atoms with Crippen LogP contribution in [-0.2, 0) is 17.8 Å². The molecule has 0 spiro atoms. The van der Waals surface area contributed by atoms with Gasteiger partial charge < -0.3 is 20.0 Å². The molecule has 3 rings (SSSR count). The molecule has 1 aromatic heterocycles. The van der Waals surface area contributed by atoms with Gasteiger partial charge in [0.2, 0.25) is 5.91 Å². The van der Waals surface area contributed by atoms with E-state index in [0.29, 0.717) is 12.1 Å². The van der Waals surface area contributed by atoms with E-state index in [1.54, 1.807) is 19.2 Å². The maximum atomic E-state index is 12.0. The molecule has 2 aromatic carbocycles. The molecule has 6 heteroatoms.